The van der Waals surface area contributed by atoms with Gasteiger partial charge < -0.3 is 5.43 Å². The lowest BCUT2D eigenvalue weighted by atomic mass is 9.93. The largest absolute Gasteiger partial charge is 0.308 e. The highest BCUT2D eigenvalue weighted by Crippen LogP contribution is 2.30. The quantitative estimate of drug-likeness (QED) is 0.642. The smallest absolute Gasteiger partial charge is 0.140 e. The van der Waals surface area contributed by atoms with Crippen LogP contribution in [0.1, 0.15) is 26.0 Å². The fourth-order valence-electron chi connectivity index (χ4n) is 2.25. The Morgan fingerprint density at radius 3 is 2.88 bits per heavy atom. The highest BCUT2D eigenvalue weighted by Gasteiger charge is 2.29. The molecule has 0 radical (unpaired) electrons. The van der Waals surface area contributed by atoms with Crippen LogP contribution in [0.5, 0.6) is 0 Å². The van der Waals surface area contributed by atoms with Crippen molar-refractivity contribution in [1.82, 2.24) is 9.88 Å². The Labute approximate surface area is 107 Å². The maximum Gasteiger partial charge on any atom is 0.140 e. The van der Waals surface area contributed by atoms with Crippen molar-refractivity contribution in [1.29, 1.82) is 0 Å². The summed E-state index contributed by atoms with van der Waals surface area (Å²) in [5.41, 5.74) is 3.84. The molecule has 0 aromatic carbocycles. The van der Waals surface area contributed by atoms with Crippen molar-refractivity contribution >= 4 is 17.4 Å². The van der Waals surface area contributed by atoms with Crippen molar-refractivity contribution in [2.45, 2.75) is 26.8 Å². The first-order valence-electron chi connectivity index (χ1n) is 5.84. The van der Waals surface area contributed by atoms with Gasteiger partial charge >= 0.3 is 0 Å². The summed E-state index contributed by atoms with van der Waals surface area (Å²) >= 11 is 6.14. The van der Waals surface area contributed by atoms with Crippen molar-refractivity contribution in [3.63, 3.8) is 0 Å². The molecule has 1 aliphatic rings. The number of hydrazine groups is 1. The predicted octanol–water partition coefficient (Wildman–Crippen LogP) is 2.25. The highest BCUT2D eigenvalue weighted by molar-refractivity contribution is 6.31. The molecule has 1 saturated heterocycles. The zero-order valence-corrected chi connectivity index (χ0v) is 11.1. The summed E-state index contributed by atoms with van der Waals surface area (Å²) in [6.45, 7) is 7.56. The van der Waals surface area contributed by atoms with Crippen LogP contribution in [0.15, 0.2) is 12.1 Å². The van der Waals surface area contributed by atoms with Gasteiger partial charge in [0, 0.05) is 13.1 Å². The van der Waals surface area contributed by atoms with Crippen LogP contribution in [0, 0.1) is 5.41 Å². The van der Waals surface area contributed by atoms with E-state index in [4.69, 9.17) is 17.4 Å². The normalized spacial score (nSPS) is 19.5. The van der Waals surface area contributed by atoms with E-state index in [2.05, 4.69) is 29.2 Å². The molecule has 1 aliphatic heterocycles. The summed E-state index contributed by atoms with van der Waals surface area (Å²) in [7, 11) is 0. The van der Waals surface area contributed by atoms with E-state index in [-0.39, 0.29) is 0 Å². The van der Waals surface area contributed by atoms with Gasteiger partial charge in [-0.15, -0.1) is 0 Å². The van der Waals surface area contributed by atoms with Gasteiger partial charge in [0.15, 0.2) is 0 Å². The third-order valence-corrected chi connectivity index (χ3v) is 3.54. The van der Waals surface area contributed by atoms with Crippen LogP contribution in [0.3, 0.4) is 0 Å². The summed E-state index contributed by atoms with van der Waals surface area (Å²) < 4.78 is 0. The number of anilines is 1. The Morgan fingerprint density at radius 2 is 2.29 bits per heavy atom. The van der Waals surface area contributed by atoms with E-state index in [0.29, 0.717) is 16.3 Å². The molecule has 2 heterocycles. The van der Waals surface area contributed by atoms with E-state index < -0.39 is 0 Å². The summed E-state index contributed by atoms with van der Waals surface area (Å²) in [5, 5.41) is 0.703. The molecule has 3 N–H and O–H groups in total. The van der Waals surface area contributed by atoms with Crippen LogP contribution in [0.2, 0.25) is 5.02 Å². The first-order chi connectivity index (χ1) is 8.00. The molecule has 5 heteroatoms. The van der Waals surface area contributed by atoms with Crippen LogP contribution in [-0.2, 0) is 6.54 Å². The van der Waals surface area contributed by atoms with Gasteiger partial charge in [0.25, 0.3) is 0 Å². The standard InChI is InChI=1S/C12H19ClN4/c1-12(2)5-6-17(8-12)7-10-9(13)3-4-11(15-10)16-14/h3-4H,5-8,14H2,1-2H3,(H,15,16). The van der Waals surface area contributed by atoms with Crippen LogP contribution < -0.4 is 11.3 Å². The SMILES string of the molecule is CC1(C)CCN(Cc2nc(NN)ccc2Cl)C1. The molecule has 1 fully saturated rings. The second-order valence-corrected chi connectivity index (χ2v) is 5.80. The number of pyridine rings is 1. The number of likely N-dealkylation sites (tertiary alicyclic amines) is 1. The molecule has 4 nitrogen and oxygen atoms in total. The average Bonchev–Trinajstić information content (AvgIpc) is 2.61. The predicted molar refractivity (Wildman–Crippen MR) is 70.7 cm³/mol. The molecule has 0 atom stereocenters. The first-order valence-corrected chi connectivity index (χ1v) is 6.22. The summed E-state index contributed by atoms with van der Waals surface area (Å²) in [5.74, 6) is 6.01. The number of nitrogens with two attached hydrogens (primary N) is 1. The van der Waals surface area contributed by atoms with Crippen molar-refractivity contribution in [3.05, 3.63) is 22.8 Å². The Kier molecular flexibility index (Phi) is 3.56. The molecule has 94 valence electrons. The lowest BCUT2D eigenvalue weighted by molar-refractivity contribution is 0.282. The number of hydrogen-bond acceptors (Lipinski definition) is 4. The molecule has 0 saturated carbocycles. The fourth-order valence-corrected chi connectivity index (χ4v) is 2.41. The van der Waals surface area contributed by atoms with Gasteiger partial charge in [-0.2, -0.15) is 0 Å². The minimum absolute atomic E-state index is 0.399. The Morgan fingerprint density at radius 1 is 1.53 bits per heavy atom. The number of nitrogens with one attached hydrogen (secondary N) is 1. The lowest BCUT2D eigenvalue weighted by Crippen LogP contribution is -2.23. The molecule has 0 unspecified atom stereocenters. The first kappa shape index (κ1) is 12.6. The molecule has 1 aromatic rings. The maximum absolute atomic E-state index is 6.14. The van der Waals surface area contributed by atoms with Crippen LogP contribution >= 0.6 is 11.6 Å². The van der Waals surface area contributed by atoms with Crippen LogP contribution in [0.4, 0.5) is 5.82 Å². The Bertz CT molecular complexity index is 405. The Hall–Kier alpha value is -0.840. The maximum atomic E-state index is 6.14. The number of halogens is 1. The third-order valence-electron chi connectivity index (χ3n) is 3.20. The van der Waals surface area contributed by atoms with Gasteiger partial charge in [0.05, 0.1) is 10.7 Å². The van der Waals surface area contributed by atoms with Gasteiger partial charge in [-0.1, -0.05) is 25.4 Å². The van der Waals surface area contributed by atoms with Crippen molar-refractivity contribution in [2.24, 2.45) is 11.3 Å². The van der Waals surface area contributed by atoms with Crippen LogP contribution in [0.25, 0.3) is 0 Å². The molecule has 0 bridgehead atoms. The van der Waals surface area contributed by atoms with Gasteiger partial charge in [-0.25, -0.2) is 10.8 Å². The Balaban J connectivity index is 2.08. The molecule has 2 rings (SSSR count). The zero-order valence-electron chi connectivity index (χ0n) is 10.3. The summed E-state index contributed by atoms with van der Waals surface area (Å²) in [6.07, 6.45) is 1.22. The minimum Gasteiger partial charge on any atom is -0.308 e. The van der Waals surface area contributed by atoms with Crippen LogP contribution in [-0.4, -0.2) is 23.0 Å². The monoisotopic (exact) mass is 254 g/mol. The molecule has 17 heavy (non-hydrogen) atoms. The van der Waals surface area contributed by atoms with Crippen molar-refractivity contribution in [3.8, 4) is 0 Å². The zero-order chi connectivity index (χ0) is 12.5. The molecular formula is C12H19ClN4. The van der Waals surface area contributed by atoms with E-state index in [9.17, 15) is 0 Å². The molecule has 0 aliphatic carbocycles. The minimum atomic E-state index is 0.399. The van der Waals surface area contributed by atoms with Gasteiger partial charge in [-0.3, -0.25) is 4.90 Å². The van der Waals surface area contributed by atoms with E-state index >= 15 is 0 Å². The van der Waals surface area contributed by atoms with E-state index in [1.807, 2.05) is 6.07 Å². The summed E-state index contributed by atoms with van der Waals surface area (Å²) in [6, 6.07) is 3.61. The number of rotatable bonds is 3. The molecule has 0 spiro atoms. The number of hydrogen-bond donors (Lipinski definition) is 2. The number of nitrogens with zero attached hydrogens (tertiary/aromatic N) is 2. The van der Waals surface area contributed by atoms with Crippen molar-refractivity contribution < 1.29 is 0 Å². The second-order valence-electron chi connectivity index (χ2n) is 5.39. The average molecular weight is 255 g/mol. The van der Waals surface area contributed by atoms with E-state index in [1.165, 1.54) is 6.42 Å². The number of aromatic nitrogens is 1. The van der Waals surface area contributed by atoms with Gasteiger partial charge in [-0.05, 0) is 30.5 Å². The van der Waals surface area contributed by atoms with E-state index in [1.54, 1.807) is 6.07 Å². The lowest BCUT2D eigenvalue weighted by Gasteiger charge is -2.19. The molecular weight excluding hydrogens is 236 g/mol. The second kappa shape index (κ2) is 4.80. The van der Waals surface area contributed by atoms with Gasteiger partial charge in [0.1, 0.15) is 5.82 Å². The topological polar surface area (TPSA) is 54.2 Å². The molecule has 0 amide bonds. The van der Waals surface area contributed by atoms with E-state index in [0.717, 1.165) is 25.3 Å². The third kappa shape index (κ3) is 3.09. The number of nitrogen functional groups attached to an aromatic ring is 1. The highest BCUT2D eigenvalue weighted by atomic mass is 35.5. The summed E-state index contributed by atoms with van der Waals surface area (Å²) in [4.78, 5) is 6.78. The van der Waals surface area contributed by atoms with Crippen molar-refractivity contribution in [2.75, 3.05) is 18.5 Å². The molecule has 1 aromatic heterocycles. The van der Waals surface area contributed by atoms with Gasteiger partial charge in [0.2, 0.25) is 0 Å². The fraction of sp³-hybridized carbons (Fsp3) is 0.583.